The molecule has 2 aromatic carbocycles. The summed E-state index contributed by atoms with van der Waals surface area (Å²) in [7, 11) is 3.20. The van der Waals surface area contributed by atoms with Gasteiger partial charge in [-0.2, -0.15) is 0 Å². The Kier molecular flexibility index (Phi) is 5.24. The molecule has 0 aliphatic carbocycles. The third-order valence-electron chi connectivity index (χ3n) is 5.56. The molecular weight excluding hydrogens is 410 g/mol. The number of ether oxygens (including phenoxy) is 3. The number of fused-ring (bicyclic) bond motifs is 1. The van der Waals surface area contributed by atoms with Crippen molar-refractivity contribution in [1.29, 1.82) is 0 Å². The van der Waals surface area contributed by atoms with E-state index in [1.807, 2.05) is 36.5 Å². The Labute approximate surface area is 184 Å². The average Bonchev–Trinajstić information content (AvgIpc) is 3.34. The van der Waals surface area contributed by atoms with Crippen molar-refractivity contribution in [1.82, 2.24) is 20.0 Å². The van der Waals surface area contributed by atoms with Crippen LogP contribution in [-0.4, -0.2) is 60.5 Å². The van der Waals surface area contributed by atoms with Crippen LogP contribution in [0.25, 0.3) is 27.8 Å². The van der Waals surface area contributed by atoms with E-state index in [0.717, 1.165) is 35.7 Å². The van der Waals surface area contributed by atoms with Crippen LogP contribution in [0.3, 0.4) is 0 Å². The number of anilines is 1. The first kappa shape index (κ1) is 20.1. The highest BCUT2D eigenvalue weighted by Gasteiger charge is 2.15. The molecule has 1 aliphatic heterocycles. The molecule has 1 aliphatic rings. The van der Waals surface area contributed by atoms with Crippen LogP contribution in [0, 0.1) is 0 Å². The minimum atomic E-state index is -0.0352. The van der Waals surface area contributed by atoms with Crippen LogP contribution in [0.4, 0.5) is 5.82 Å². The van der Waals surface area contributed by atoms with Crippen molar-refractivity contribution < 1.29 is 14.2 Å². The van der Waals surface area contributed by atoms with Crippen molar-refractivity contribution >= 4 is 16.7 Å². The number of benzene rings is 2. The van der Waals surface area contributed by atoms with Crippen LogP contribution in [0.2, 0.25) is 0 Å². The highest BCUT2D eigenvalue weighted by Crippen LogP contribution is 2.27. The predicted molar refractivity (Wildman–Crippen MR) is 121 cm³/mol. The molecule has 4 aromatic rings. The van der Waals surface area contributed by atoms with Gasteiger partial charge in [0.1, 0.15) is 23.0 Å². The fraction of sp³-hybridized carbons (Fsp3) is 0.261. The number of hydrogen-bond acceptors (Lipinski definition) is 7. The maximum atomic E-state index is 12.8. The van der Waals surface area contributed by atoms with Gasteiger partial charge in [-0.15, -0.1) is 5.10 Å². The van der Waals surface area contributed by atoms with E-state index in [4.69, 9.17) is 14.2 Å². The number of hydrogen-bond donors (Lipinski definition) is 1. The van der Waals surface area contributed by atoms with E-state index < -0.39 is 0 Å². The second kappa shape index (κ2) is 8.35. The van der Waals surface area contributed by atoms with Gasteiger partial charge in [0.15, 0.2) is 5.43 Å². The highest BCUT2D eigenvalue weighted by molar-refractivity contribution is 5.85. The summed E-state index contributed by atoms with van der Waals surface area (Å²) in [5.41, 5.74) is 2.97. The van der Waals surface area contributed by atoms with Gasteiger partial charge in [0.05, 0.1) is 44.8 Å². The molecule has 0 atom stereocenters. The van der Waals surface area contributed by atoms with Crippen LogP contribution in [-0.2, 0) is 4.74 Å². The first-order valence-corrected chi connectivity index (χ1v) is 10.3. The van der Waals surface area contributed by atoms with Crippen LogP contribution < -0.4 is 19.8 Å². The minimum Gasteiger partial charge on any atom is -0.497 e. The normalized spacial score (nSPS) is 14.0. The molecule has 164 valence electrons. The molecule has 1 saturated heterocycles. The fourth-order valence-corrected chi connectivity index (χ4v) is 3.81. The molecule has 2 aromatic heterocycles. The molecule has 0 spiro atoms. The summed E-state index contributed by atoms with van der Waals surface area (Å²) >= 11 is 0. The van der Waals surface area contributed by atoms with E-state index in [1.165, 1.54) is 0 Å². The Morgan fingerprint density at radius 2 is 1.75 bits per heavy atom. The van der Waals surface area contributed by atoms with E-state index in [2.05, 4.69) is 20.2 Å². The lowest BCUT2D eigenvalue weighted by Gasteiger charge is -2.28. The molecule has 32 heavy (non-hydrogen) atoms. The number of nitrogens with one attached hydrogen (secondary N) is 1. The zero-order chi connectivity index (χ0) is 22.1. The number of pyridine rings is 1. The molecule has 5 rings (SSSR count). The van der Waals surface area contributed by atoms with Gasteiger partial charge in [0.25, 0.3) is 0 Å². The van der Waals surface area contributed by atoms with Crippen molar-refractivity contribution in [2.75, 3.05) is 45.4 Å². The number of nitrogens with zero attached hydrogens (tertiary/aromatic N) is 4. The molecule has 9 nitrogen and oxygen atoms in total. The van der Waals surface area contributed by atoms with Gasteiger partial charge in [-0.3, -0.25) is 4.79 Å². The number of aromatic nitrogens is 4. The van der Waals surface area contributed by atoms with E-state index in [1.54, 1.807) is 31.0 Å². The number of aromatic amines is 1. The zero-order valence-electron chi connectivity index (χ0n) is 17.9. The lowest BCUT2D eigenvalue weighted by atomic mass is 10.1. The Morgan fingerprint density at radius 3 is 2.47 bits per heavy atom. The molecule has 0 bridgehead atoms. The first-order chi connectivity index (χ1) is 15.6. The molecule has 0 saturated carbocycles. The number of rotatable bonds is 5. The largest absolute Gasteiger partial charge is 0.497 e. The molecular formula is C23H23N5O4. The predicted octanol–water partition coefficient (Wildman–Crippen LogP) is 2.63. The quantitative estimate of drug-likeness (QED) is 0.517. The Bertz CT molecular complexity index is 1300. The van der Waals surface area contributed by atoms with Gasteiger partial charge in [-0.25, -0.2) is 4.68 Å². The number of methoxy groups -OCH3 is 2. The minimum absolute atomic E-state index is 0.0352. The highest BCUT2D eigenvalue weighted by atomic mass is 16.5. The number of morpholine rings is 1. The van der Waals surface area contributed by atoms with Crippen molar-refractivity contribution in [2.45, 2.75) is 0 Å². The van der Waals surface area contributed by atoms with Crippen molar-refractivity contribution in [3.05, 3.63) is 58.9 Å². The fourth-order valence-electron chi connectivity index (χ4n) is 3.81. The van der Waals surface area contributed by atoms with Gasteiger partial charge in [0.2, 0.25) is 0 Å². The third kappa shape index (κ3) is 3.78. The zero-order valence-corrected chi connectivity index (χ0v) is 17.9. The van der Waals surface area contributed by atoms with Gasteiger partial charge in [-0.1, -0.05) is 11.3 Å². The van der Waals surface area contributed by atoms with Crippen molar-refractivity contribution in [2.24, 2.45) is 0 Å². The van der Waals surface area contributed by atoms with Crippen LogP contribution in [0.15, 0.2) is 53.5 Å². The molecule has 3 heterocycles. The molecule has 0 unspecified atom stereocenters. The summed E-state index contributed by atoms with van der Waals surface area (Å²) in [6, 6.07) is 12.8. The average molecular weight is 433 g/mol. The van der Waals surface area contributed by atoms with Gasteiger partial charge >= 0.3 is 0 Å². The summed E-state index contributed by atoms with van der Waals surface area (Å²) in [6.07, 6.45) is 1.81. The lowest BCUT2D eigenvalue weighted by molar-refractivity contribution is 0.122. The van der Waals surface area contributed by atoms with Gasteiger partial charge in [0, 0.05) is 48.3 Å². The van der Waals surface area contributed by atoms with E-state index in [9.17, 15) is 4.79 Å². The summed E-state index contributed by atoms with van der Waals surface area (Å²) < 4.78 is 17.7. The Morgan fingerprint density at radius 1 is 1.00 bits per heavy atom. The SMILES string of the molecule is COc1cc(OC)cc(-n2cc(-c3ccc4[nH]c(N5CCOCC5)cc(=O)c4c3)nn2)c1. The molecule has 1 fully saturated rings. The molecule has 9 heteroatoms. The third-order valence-corrected chi connectivity index (χ3v) is 5.56. The molecule has 1 N–H and O–H groups in total. The first-order valence-electron chi connectivity index (χ1n) is 10.3. The van der Waals surface area contributed by atoms with E-state index in [0.29, 0.717) is 35.8 Å². The Hall–Kier alpha value is -3.85. The van der Waals surface area contributed by atoms with E-state index >= 15 is 0 Å². The molecule has 0 amide bonds. The summed E-state index contributed by atoms with van der Waals surface area (Å²) in [6.45, 7) is 2.84. The smallest absolute Gasteiger partial charge is 0.191 e. The van der Waals surface area contributed by atoms with E-state index in [-0.39, 0.29) is 5.43 Å². The molecule has 0 radical (unpaired) electrons. The van der Waals surface area contributed by atoms with Gasteiger partial charge in [-0.05, 0) is 12.1 Å². The van der Waals surface area contributed by atoms with Crippen LogP contribution >= 0.6 is 0 Å². The maximum Gasteiger partial charge on any atom is 0.191 e. The van der Waals surface area contributed by atoms with Gasteiger partial charge < -0.3 is 24.1 Å². The van der Waals surface area contributed by atoms with Crippen LogP contribution in [0.1, 0.15) is 0 Å². The summed E-state index contributed by atoms with van der Waals surface area (Å²) in [4.78, 5) is 18.4. The van der Waals surface area contributed by atoms with Crippen LogP contribution in [0.5, 0.6) is 11.5 Å². The summed E-state index contributed by atoms with van der Waals surface area (Å²) in [5.74, 6) is 2.13. The second-order valence-electron chi connectivity index (χ2n) is 7.50. The number of H-pyrrole nitrogens is 1. The maximum absolute atomic E-state index is 12.8. The lowest BCUT2D eigenvalue weighted by Crippen LogP contribution is -2.37. The van der Waals surface area contributed by atoms with Crippen molar-refractivity contribution in [3.8, 4) is 28.4 Å². The van der Waals surface area contributed by atoms with Crippen molar-refractivity contribution in [3.63, 3.8) is 0 Å². The Balaban J connectivity index is 1.49. The second-order valence-corrected chi connectivity index (χ2v) is 7.50. The standard InChI is InChI=1S/C23H23N5O4/c1-30-17-10-16(11-18(12-17)31-2)28-14-21(25-26-28)15-3-4-20-19(9-15)22(29)13-23(24-20)27-5-7-32-8-6-27/h3-4,9-14H,5-8H2,1-2H3,(H,24,29). The summed E-state index contributed by atoms with van der Waals surface area (Å²) in [5, 5.41) is 9.15. The topological polar surface area (TPSA) is 94.5 Å². The monoisotopic (exact) mass is 433 g/mol.